The average Bonchev–Trinajstić information content (AvgIpc) is 3.75. The molecule has 2 fully saturated rings. The second kappa shape index (κ2) is 13.8. The van der Waals surface area contributed by atoms with E-state index in [0.29, 0.717) is 42.6 Å². The molecule has 12 heteroatoms. The highest BCUT2D eigenvalue weighted by Gasteiger charge is 2.52. The number of allylic oxidation sites excluding steroid dienone is 1. The van der Waals surface area contributed by atoms with Crippen molar-refractivity contribution in [1.82, 2.24) is 10.0 Å². The van der Waals surface area contributed by atoms with Crippen molar-refractivity contribution in [3.63, 3.8) is 0 Å². The van der Waals surface area contributed by atoms with E-state index in [9.17, 15) is 13.8 Å². The number of benzene rings is 2. The summed E-state index contributed by atoms with van der Waals surface area (Å²) in [5.74, 6) is 0.677. The molecule has 8 atom stereocenters. The zero-order valence-corrected chi connectivity index (χ0v) is 31.0. The molecule has 2 aliphatic heterocycles. The fraction of sp³-hybridized carbons (Fsp3) is 0.579. The summed E-state index contributed by atoms with van der Waals surface area (Å²) in [5, 5.41) is 3.58. The maximum atomic E-state index is 14.4. The Morgan fingerprint density at radius 2 is 2.02 bits per heavy atom. The fourth-order valence-corrected chi connectivity index (χ4v) is 10.5. The van der Waals surface area contributed by atoms with Gasteiger partial charge in [-0.3, -0.25) is 9.52 Å². The normalized spacial score (nSPS) is 35.7. The molecule has 3 aliphatic carbocycles. The molecule has 5 aliphatic rings. The van der Waals surface area contributed by atoms with Crippen LogP contribution in [0.3, 0.4) is 0 Å². The molecule has 2 bridgehead atoms. The van der Waals surface area contributed by atoms with Crippen LogP contribution in [0, 0.1) is 17.8 Å². The van der Waals surface area contributed by atoms with Gasteiger partial charge in [-0.2, -0.15) is 0 Å². The third-order valence-corrected chi connectivity index (χ3v) is 13.9. The van der Waals surface area contributed by atoms with Crippen molar-refractivity contribution < 1.29 is 28.0 Å². The van der Waals surface area contributed by atoms with E-state index in [-0.39, 0.29) is 29.2 Å². The van der Waals surface area contributed by atoms with Crippen LogP contribution in [0.15, 0.2) is 52.9 Å². The van der Waals surface area contributed by atoms with E-state index in [2.05, 4.69) is 43.6 Å². The van der Waals surface area contributed by atoms with Crippen molar-refractivity contribution in [3.05, 3.63) is 70.3 Å². The van der Waals surface area contributed by atoms with Crippen molar-refractivity contribution in [2.75, 3.05) is 44.6 Å². The lowest BCUT2D eigenvalue weighted by Gasteiger charge is -2.46. The van der Waals surface area contributed by atoms with E-state index >= 15 is 0 Å². The first-order valence-electron chi connectivity index (χ1n) is 17.9. The predicted molar refractivity (Wildman–Crippen MR) is 195 cm³/mol. The van der Waals surface area contributed by atoms with Gasteiger partial charge in [0, 0.05) is 49.7 Å². The second-order valence-electron chi connectivity index (χ2n) is 15.3. The molecule has 1 unspecified atom stereocenters. The molecule has 7 rings (SSSR count). The number of aryl methyl sites for hydroxylation is 1. The molecule has 2 aromatic carbocycles. The van der Waals surface area contributed by atoms with Crippen molar-refractivity contribution in [3.8, 4) is 5.75 Å². The van der Waals surface area contributed by atoms with Crippen molar-refractivity contribution >= 4 is 39.1 Å². The van der Waals surface area contributed by atoms with E-state index in [1.54, 1.807) is 20.3 Å². The van der Waals surface area contributed by atoms with E-state index in [1.165, 1.54) is 11.1 Å². The van der Waals surface area contributed by atoms with E-state index in [4.69, 9.17) is 25.8 Å². The Balaban J connectivity index is 1.27. The minimum Gasteiger partial charge on any atom is -0.490 e. The molecule has 2 saturated carbocycles. The number of nitrogens with one attached hydrogen (secondary N) is 2. The predicted octanol–water partition coefficient (Wildman–Crippen LogP) is 6.45. The lowest BCUT2D eigenvalue weighted by molar-refractivity contribution is 0.0131. The summed E-state index contributed by atoms with van der Waals surface area (Å²) < 4.78 is 39.4. The molecule has 2 aromatic rings. The number of rotatable bonds is 4. The topological polar surface area (TPSA) is 119 Å². The van der Waals surface area contributed by atoms with Crippen LogP contribution in [0.4, 0.5) is 10.5 Å². The van der Waals surface area contributed by atoms with Crippen molar-refractivity contribution in [1.29, 1.82) is 0 Å². The molecule has 10 nitrogen and oxygen atoms in total. The van der Waals surface area contributed by atoms with E-state index in [0.717, 1.165) is 55.9 Å². The number of hydrogen-bond donors (Lipinski definition) is 2. The molecule has 50 heavy (non-hydrogen) atoms. The number of fused-ring (bicyclic) bond motifs is 4. The Morgan fingerprint density at radius 3 is 2.76 bits per heavy atom. The number of urea groups is 1. The molecule has 3 amide bonds. The number of nitrogens with zero attached hydrogens (tertiary/aromatic N) is 2. The van der Waals surface area contributed by atoms with Crippen LogP contribution < -0.4 is 19.7 Å². The van der Waals surface area contributed by atoms with Crippen LogP contribution in [0.25, 0.3) is 0 Å². The lowest BCUT2D eigenvalue weighted by atomic mass is 9.68. The van der Waals surface area contributed by atoms with Crippen LogP contribution in [0.1, 0.15) is 73.9 Å². The lowest BCUT2D eigenvalue weighted by Crippen LogP contribution is -2.49. The number of amides is 3. The minimum absolute atomic E-state index is 0.0124. The highest BCUT2D eigenvalue weighted by Crippen LogP contribution is 2.47. The van der Waals surface area contributed by atoms with Gasteiger partial charge in [-0.25, -0.2) is 9.00 Å². The molecule has 1 spiro atoms. The zero-order chi connectivity index (χ0) is 35.3. The molecule has 0 aromatic heterocycles. The first kappa shape index (κ1) is 35.3. The van der Waals surface area contributed by atoms with Crippen molar-refractivity contribution in [2.45, 2.75) is 82.0 Å². The molecular weight excluding hydrogens is 676 g/mol. The fourth-order valence-electron chi connectivity index (χ4n) is 8.48. The van der Waals surface area contributed by atoms with Crippen LogP contribution >= 0.6 is 11.6 Å². The maximum Gasteiger partial charge on any atom is 0.327 e. The van der Waals surface area contributed by atoms with Gasteiger partial charge in [0.2, 0.25) is 0 Å². The Morgan fingerprint density at radius 1 is 1.18 bits per heavy atom. The number of carbonyl (C=O) groups excluding carboxylic acids is 2. The molecule has 2 heterocycles. The summed E-state index contributed by atoms with van der Waals surface area (Å²) >= 11 is 6.45. The highest BCUT2D eigenvalue weighted by molar-refractivity contribution is 7.92. The summed E-state index contributed by atoms with van der Waals surface area (Å²) in [6.07, 6.45) is 10.5. The van der Waals surface area contributed by atoms with Gasteiger partial charge < -0.3 is 24.4 Å². The van der Waals surface area contributed by atoms with Crippen LogP contribution in [-0.4, -0.2) is 73.6 Å². The number of halogens is 1. The van der Waals surface area contributed by atoms with Gasteiger partial charge in [0.15, 0.2) is 0 Å². The number of anilines is 1. The van der Waals surface area contributed by atoms with Gasteiger partial charge in [-0.15, -0.1) is 4.36 Å². The van der Waals surface area contributed by atoms with E-state index < -0.39 is 27.5 Å². The SMILES string of the molecule is CO[C@H]1/C=C\C[C@H](C)CS(=O)(NC(=O)N[C@H]2C[C@@]2(C)OC)=NC(=O)c2ccc3c(c2)N(C[C@@H]2CC[C@H]21)C[C@@]1(CCCc2cc(Cl)ccc21)CO3. The van der Waals surface area contributed by atoms with Gasteiger partial charge in [-0.1, -0.05) is 36.7 Å². The third-order valence-electron chi connectivity index (χ3n) is 11.7. The molecule has 0 radical (unpaired) electrons. The average molecular weight is 725 g/mol. The number of hydrogen-bond acceptors (Lipinski definition) is 7. The quantitative estimate of drug-likeness (QED) is 0.348. The summed E-state index contributed by atoms with van der Waals surface area (Å²) in [5.41, 5.74) is 2.94. The largest absolute Gasteiger partial charge is 0.490 e. The first-order valence-corrected chi connectivity index (χ1v) is 19.9. The summed E-state index contributed by atoms with van der Waals surface area (Å²) in [6.45, 7) is 5.87. The number of methoxy groups -OCH3 is 2. The Bertz CT molecular complexity index is 1810. The van der Waals surface area contributed by atoms with Gasteiger partial charge in [0.1, 0.15) is 15.7 Å². The zero-order valence-electron chi connectivity index (χ0n) is 29.4. The van der Waals surface area contributed by atoms with Gasteiger partial charge in [0.25, 0.3) is 5.91 Å². The van der Waals surface area contributed by atoms with Crippen molar-refractivity contribution in [2.24, 2.45) is 22.1 Å². The first-order chi connectivity index (χ1) is 23.9. The molecule has 2 N–H and O–H groups in total. The summed E-state index contributed by atoms with van der Waals surface area (Å²) in [4.78, 5) is 29.4. The van der Waals surface area contributed by atoms with E-state index in [1.807, 2.05) is 32.0 Å². The highest BCUT2D eigenvalue weighted by atomic mass is 35.5. The molecule has 270 valence electrons. The maximum absolute atomic E-state index is 14.4. The third kappa shape index (κ3) is 7.03. The second-order valence-corrected chi connectivity index (χ2v) is 17.7. The monoisotopic (exact) mass is 724 g/mol. The number of ether oxygens (including phenoxy) is 3. The van der Waals surface area contributed by atoms with Gasteiger partial charge in [-0.05, 0) is 105 Å². The standard InChI is InChI=1S/C38H49ClN4O6S/c1-24-7-5-9-32(47-3)29-13-10-27(29)20-43-22-38(16-6-8-25-17-28(39)12-14-30(25)38)23-49-33-15-11-26(18-31(33)43)35(44)41-50(46,21-24)42-36(45)40-34-19-37(34,2)48-4/h5,9,11-12,14-15,17-18,24,27,29,32,34H,6-8,10,13,16,19-23H2,1-4H3,(H2,40,41,42,44,45,46)/b9-5-/t24-,27-,29+,32-,34-,37+,38-,50?/m0/s1. The summed E-state index contributed by atoms with van der Waals surface area (Å²) in [7, 11) is -0.140. The Labute approximate surface area is 300 Å². The molecule has 0 saturated heterocycles. The molecular formula is C38H49ClN4O6S. The number of carbonyl (C=O) groups is 2. The Hall–Kier alpha value is -3.12. The minimum atomic E-state index is -3.50. The van der Waals surface area contributed by atoms with Gasteiger partial charge in [0.05, 0.1) is 35.8 Å². The Kier molecular flexibility index (Phi) is 9.73. The summed E-state index contributed by atoms with van der Waals surface area (Å²) in [6, 6.07) is 10.7. The van der Waals surface area contributed by atoms with Crippen LogP contribution in [0.2, 0.25) is 5.02 Å². The van der Waals surface area contributed by atoms with Crippen LogP contribution in [0.5, 0.6) is 5.75 Å². The van der Waals surface area contributed by atoms with Gasteiger partial charge >= 0.3 is 6.03 Å². The smallest absolute Gasteiger partial charge is 0.327 e. The van der Waals surface area contributed by atoms with Crippen LogP contribution in [-0.2, 0) is 31.2 Å².